The van der Waals surface area contributed by atoms with Crippen molar-refractivity contribution in [3.05, 3.63) is 29.3 Å². The first-order valence-corrected chi connectivity index (χ1v) is 7.06. The number of ether oxygens (including phenoxy) is 1. The molecule has 1 aromatic rings. The van der Waals surface area contributed by atoms with E-state index in [4.69, 9.17) is 9.84 Å². The first-order valence-electron chi connectivity index (χ1n) is 7.06. The number of carbonyl (C=O) groups is 1. The molecule has 0 saturated heterocycles. The molecule has 0 atom stereocenters. The van der Waals surface area contributed by atoms with Crippen LogP contribution in [0.4, 0.5) is 0 Å². The van der Waals surface area contributed by atoms with E-state index < -0.39 is 0 Å². The van der Waals surface area contributed by atoms with E-state index in [1.165, 1.54) is 0 Å². The van der Waals surface area contributed by atoms with Crippen LogP contribution in [0.1, 0.15) is 31.4 Å². The van der Waals surface area contributed by atoms with Gasteiger partial charge in [-0.05, 0) is 44.9 Å². The first-order chi connectivity index (χ1) is 9.45. The highest BCUT2D eigenvalue weighted by molar-refractivity contribution is 5.76. The van der Waals surface area contributed by atoms with Crippen LogP contribution in [0.2, 0.25) is 0 Å². The van der Waals surface area contributed by atoms with Crippen molar-refractivity contribution in [1.82, 2.24) is 4.90 Å². The number of aryl methyl sites for hydroxylation is 2. The smallest absolute Gasteiger partial charge is 0.226 e. The quantitative estimate of drug-likeness (QED) is 0.833. The summed E-state index contributed by atoms with van der Waals surface area (Å²) < 4.78 is 5.69. The molecular formula is C16H25NO3. The number of rotatable bonds is 7. The Morgan fingerprint density at radius 2 is 2.05 bits per heavy atom. The van der Waals surface area contributed by atoms with Crippen LogP contribution in [0.15, 0.2) is 18.2 Å². The van der Waals surface area contributed by atoms with Crippen molar-refractivity contribution in [3.63, 3.8) is 0 Å². The summed E-state index contributed by atoms with van der Waals surface area (Å²) in [6.45, 7) is 8.61. The van der Waals surface area contributed by atoms with Crippen LogP contribution in [0.25, 0.3) is 0 Å². The minimum Gasteiger partial charge on any atom is -0.493 e. The van der Waals surface area contributed by atoms with E-state index in [-0.39, 0.29) is 18.6 Å². The maximum absolute atomic E-state index is 12.1. The molecule has 0 radical (unpaired) electrons. The van der Waals surface area contributed by atoms with Crippen molar-refractivity contribution in [2.24, 2.45) is 0 Å². The molecule has 0 spiro atoms. The van der Waals surface area contributed by atoms with Gasteiger partial charge in [0.15, 0.2) is 0 Å². The van der Waals surface area contributed by atoms with Gasteiger partial charge in [0.05, 0.1) is 19.6 Å². The molecule has 20 heavy (non-hydrogen) atoms. The first kappa shape index (κ1) is 16.5. The summed E-state index contributed by atoms with van der Waals surface area (Å²) in [5.41, 5.74) is 2.21. The van der Waals surface area contributed by atoms with Gasteiger partial charge in [-0.2, -0.15) is 0 Å². The Kier molecular flexibility index (Phi) is 6.52. The third-order valence-corrected chi connectivity index (χ3v) is 3.20. The Balaban J connectivity index is 2.50. The third-order valence-electron chi connectivity index (χ3n) is 3.20. The van der Waals surface area contributed by atoms with Gasteiger partial charge in [0.1, 0.15) is 5.75 Å². The lowest BCUT2D eigenvalue weighted by Gasteiger charge is -2.26. The Morgan fingerprint density at radius 1 is 1.35 bits per heavy atom. The number of hydrogen-bond acceptors (Lipinski definition) is 3. The summed E-state index contributed by atoms with van der Waals surface area (Å²) in [6.07, 6.45) is 0.325. The Hall–Kier alpha value is -1.55. The van der Waals surface area contributed by atoms with E-state index in [0.717, 1.165) is 16.9 Å². The largest absolute Gasteiger partial charge is 0.493 e. The molecule has 0 bridgehead atoms. The Morgan fingerprint density at radius 3 is 2.65 bits per heavy atom. The van der Waals surface area contributed by atoms with Gasteiger partial charge in [-0.25, -0.2) is 0 Å². The standard InChI is InChI=1S/C16H25NO3/c1-12(2)17(8-9-18)16(19)7-10-20-15-11-13(3)5-6-14(15)4/h5-6,11-12,18H,7-10H2,1-4H3. The third kappa shape index (κ3) is 4.85. The topological polar surface area (TPSA) is 49.8 Å². The molecule has 0 unspecified atom stereocenters. The van der Waals surface area contributed by atoms with Crippen LogP contribution < -0.4 is 4.74 Å². The number of carbonyl (C=O) groups excluding carboxylic acids is 1. The van der Waals surface area contributed by atoms with Gasteiger partial charge in [0.25, 0.3) is 0 Å². The molecule has 0 aliphatic carbocycles. The fourth-order valence-electron chi connectivity index (χ4n) is 2.03. The molecule has 0 saturated carbocycles. The maximum Gasteiger partial charge on any atom is 0.226 e. The van der Waals surface area contributed by atoms with Crippen molar-refractivity contribution in [2.75, 3.05) is 19.8 Å². The van der Waals surface area contributed by atoms with E-state index in [9.17, 15) is 4.79 Å². The zero-order valence-corrected chi connectivity index (χ0v) is 12.8. The number of aliphatic hydroxyl groups is 1. The number of amides is 1. The minimum atomic E-state index is -0.0121. The Bertz CT molecular complexity index is 443. The molecule has 4 nitrogen and oxygen atoms in total. The summed E-state index contributed by atoms with van der Waals surface area (Å²) in [5, 5.41) is 8.98. The fraction of sp³-hybridized carbons (Fsp3) is 0.562. The molecule has 0 fully saturated rings. The van der Waals surface area contributed by atoms with Gasteiger partial charge in [-0.1, -0.05) is 12.1 Å². The average molecular weight is 279 g/mol. The van der Waals surface area contributed by atoms with Crippen LogP contribution in [-0.4, -0.2) is 41.7 Å². The van der Waals surface area contributed by atoms with E-state index in [1.54, 1.807) is 4.90 Å². The van der Waals surface area contributed by atoms with E-state index in [1.807, 2.05) is 45.9 Å². The second-order valence-corrected chi connectivity index (χ2v) is 5.27. The van der Waals surface area contributed by atoms with Gasteiger partial charge < -0.3 is 14.7 Å². The Labute approximate surface area is 121 Å². The minimum absolute atomic E-state index is 0.0121. The van der Waals surface area contributed by atoms with Crippen molar-refractivity contribution in [3.8, 4) is 5.75 Å². The van der Waals surface area contributed by atoms with Crippen molar-refractivity contribution in [2.45, 2.75) is 40.2 Å². The number of benzene rings is 1. The maximum atomic E-state index is 12.1. The number of aliphatic hydroxyl groups excluding tert-OH is 1. The molecule has 1 N–H and O–H groups in total. The second kappa shape index (κ2) is 7.90. The normalized spacial score (nSPS) is 10.7. The van der Waals surface area contributed by atoms with E-state index >= 15 is 0 Å². The van der Waals surface area contributed by atoms with Crippen molar-refractivity contribution >= 4 is 5.91 Å². The zero-order chi connectivity index (χ0) is 15.1. The van der Waals surface area contributed by atoms with Gasteiger partial charge >= 0.3 is 0 Å². The van der Waals surface area contributed by atoms with Crippen LogP contribution in [-0.2, 0) is 4.79 Å². The SMILES string of the molecule is Cc1ccc(C)c(OCCC(=O)N(CCO)C(C)C)c1. The van der Waals surface area contributed by atoms with Gasteiger partial charge in [0, 0.05) is 12.6 Å². The second-order valence-electron chi connectivity index (χ2n) is 5.27. The molecular weight excluding hydrogens is 254 g/mol. The molecule has 0 heterocycles. The van der Waals surface area contributed by atoms with Gasteiger partial charge in [0.2, 0.25) is 5.91 Å². The van der Waals surface area contributed by atoms with Crippen molar-refractivity contribution < 1.29 is 14.6 Å². The molecule has 0 aromatic heterocycles. The molecule has 1 amide bonds. The molecule has 0 aliphatic heterocycles. The molecule has 0 aliphatic rings. The van der Waals surface area contributed by atoms with Crippen LogP contribution >= 0.6 is 0 Å². The lowest BCUT2D eigenvalue weighted by molar-refractivity contribution is -0.133. The summed E-state index contributed by atoms with van der Waals surface area (Å²) in [5.74, 6) is 0.843. The van der Waals surface area contributed by atoms with Crippen LogP contribution in [0, 0.1) is 13.8 Å². The van der Waals surface area contributed by atoms with Gasteiger partial charge in [-0.3, -0.25) is 4.79 Å². The lowest BCUT2D eigenvalue weighted by atomic mass is 10.1. The van der Waals surface area contributed by atoms with E-state index in [2.05, 4.69) is 0 Å². The monoisotopic (exact) mass is 279 g/mol. The summed E-state index contributed by atoms with van der Waals surface area (Å²) in [7, 11) is 0. The average Bonchev–Trinajstić information content (AvgIpc) is 2.39. The zero-order valence-electron chi connectivity index (χ0n) is 12.8. The molecule has 1 rings (SSSR count). The summed E-state index contributed by atoms with van der Waals surface area (Å²) >= 11 is 0. The predicted octanol–water partition coefficient (Wildman–Crippen LogP) is 2.30. The van der Waals surface area contributed by atoms with E-state index in [0.29, 0.717) is 19.6 Å². The summed E-state index contributed by atoms with van der Waals surface area (Å²) in [4.78, 5) is 13.7. The lowest BCUT2D eigenvalue weighted by Crippen LogP contribution is -2.39. The van der Waals surface area contributed by atoms with Gasteiger partial charge in [-0.15, -0.1) is 0 Å². The van der Waals surface area contributed by atoms with Crippen molar-refractivity contribution in [1.29, 1.82) is 0 Å². The number of hydrogen-bond donors (Lipinski definition) is 1. The predicted molar refractivity (Wildman–Crippen MR) is 80.0 cm³/mol. The number of nitrogens with zero attached hydrogens (tertiary/aromatic N) is 1. The summed E-state index contributed by atoms with van der Waals surface area (Å²) in [6, 6.07) is 6.12. The molecule has 112 valence electrons. The molecule has 1 aromatic carbocycles. The highest BCUT2D eigenvalue weighted by Gasteiger charge is 2.16. The molecule has 4 heteroatoms. The highest BCUT2D eigenvalue weighted by atomic mass is 16.5. The van der Waals surface area contributed by atoms with Crippen LogP contribution in [0.5, 0.6) is 5.75 Å². The fourth-order valence-corrected chi connectivity index (χ4v) is 2.03. The highest BCUT2D eigenvalue weighted by Crippen LogP contribution is 2.19. The van der Waals surface area contributed by atoms with Crippen LogP contribution in [0.3, 0.4) is 0 Å².